The number of para-hydroxylation sites is 1. The third kappa shape index (κ3) is 3.68. The second-order valence-electron chi connectivity index (χ2n) is 4.46. The van der Waals surface area contributed by atoms with E-state index in [9.17, 15) is 18.3 Å². The molecule has 0 aliphatic heterocycles. The van der Waals surface area contributed by atoms with Crippen molar-refractivity contribution in [1.82, 2.24) is 0 Å². The van der Waals surface area contributed by atoms with Gasteiger partial charge in [0.05, 0.1) is 16.7 Å². The number of hydrogen-bond donors (Lipinski definition) is 1. The monoisotopic (exact) mass is 316 g/mol. The standard InChI is InChI=1S/C15H12ClF3O2/c1-9(20)10-6-7-14(12(16)8-10)21-13-5-3-2-4-11(13)15(17,18)19/h2-9,20H,1H3/t9-/m0/s1. The largest absolute Gasteiger partial charge is 0.455 e. The number of hydrogen-bond acceptors (Lipinski definition) is 2. The van der Waals surface area contributed by atoms with Crippen LogP contribution in [0.15, 0.2) is 42.5 Å². The van der Waals surface area contributed by atoms with Crippen molar-refractivity contribution in [3.05, 3.63) is 58.6 Å². The van der Waals surface area contributed by atoms with Crippen molar-refractivity contribution in [3.8, 4) is 11.5 Å². The molecule has 0 amide bonds. The van der Waals surface area contributed by atoms with Gasteiger partial charge < -0.3 is 9.84 Å². The van der Waals surface area contributed by atoms with E-state index in [1.807, 2.05) is 0 Å². The molecule has 0 saturated carbocycles. The van der Waals surface area contributed by atoms with Gasteiger partial charge in [-0.15, -0.1) is 0 Å². The van der Waals surface area contributed by atoms with Gasteiger partial charge in [-0.25, -0.2) is 0 Å². The van der Waals surface area contributed by atoms with Crippen LogP contribution in [0.3, 0.4) is 0 Å². The van der Waals surface area contributed by atoms with Gasteiger partial charge in [0.15, 0.2) is 0 Å². The van der Waals surface area contributed by atoms with Gasteiger partial charge in [-0.1, -0.05) is 29.8 Å². The number of halogens is 4. The quantitative estimate of drug-likeness (QED) is 0.843. The lowest BCUT2D eigenvalue weighted by atomic mass is 10.1. The van der Waals surface area contributed by atoms with Crippen LogP contribution in [0.4, 0.5) is 13.2 Å². The van der Waals surface area contributed by atoms with E-state index in [1.54, 1.807) is 13.0 Å². The van der Waals surface area contributed by atoms with Gasteiger partial charge in [-0.3, -0.25) is 0 Å². The fourth-order valence-corrected chi connectivity index (χ4v) is 2.00. The summed E-state index contributed by atoms with van der Waals surface area (Å²) in [7, 11) is 0. The second kappa shape index (κ2) is 5.95. The SMILES string of the molecule is C[C@H](O)c1ccc(Oc2ccccc2C(F)(F)F)c(Cl)c1. The number of rotatable bonds is 3. The zero-order valence-electron chi connectivity index (χ0n) is 11.0. The van der Waals surface area contributed by atoms with Crippen LogP contribution in [0.5, 0.6) is 11.5 Å². The molecule has 2 aromatic rings. The molecule has 0 heterocycles. The van der Waals surface area contributed by atoms with Gasteiger partial charge in [0.1, 0.15) is 11.5 Å². The molecule has 0 aliphatic rings. The number of alkyl halides is 3. The Labute approximate surface area is 124 Å². The van der Waals surface area contributed by atoms with Crippen molar-refractivity contribution in [2.45, 2.75) is 19.2 Å². The van der Waals surface area contributed by atoms with Gasteiger partial charge in [-0.05, 0) is 36.8 Å². The predicted octanol–water partition coefficient (Wildman–Crippen LogP) is 5.20. The average molecular weight is 317 g/mol. The highest BCUT2D eigenvalue weighted by Crippen LogP contribution is 2.39. The molecule has 112 valence electrons. The maximum Gasteiger partial charge on any atom is 0.419 e. The molecule has 21 heavy (non-hydrogen) atoms. The number of aliphatic hydroxyl groups is 1. The van der Waals surface area contributed by atoms with Crippen LogP contribution in [0.2, 0.25) is 5.02 Å². The van der Waals surface area contributed by atoms with Crippen molar-refractivity contribution >= 4 is 11.6 Å². The van der Waals surface area contributed by atoms with Crippen molar-refractivity contribution in [3.63, 3.8) is 0 Å². The molecule has 2 nitrogen and oxygen atoms in total. The lowest BCUT2D eigenvalue weighted by Gasteiger charge is -2.15. The summed E-state index contributed by atoms with van der Waals surface area (Å²) >= 11 is 5.97. The van der Waals surface area contributed by atoms with Gasteiger partial charge in [0.25, 0.3) is 0 Å². The van der Waals surface area contributed by atoms with E-state index in [4.69, 9.17) is 16.3 Å². The lowest BCUT2D eigenvalue weighted by Crippen LogP contribution is -2.06. The first-order chi connectivity index (χ1) is 9.79. The van der Waals surface area contributed by atoms with E-state index in [-0.39, 0.29) is 16.5 Å². The van der Waals surface area contributed by atoms with Crippen LogP contribution in [0, 0.1) is 0 Å². The van der Waals surface area contributed by atoms with Gasteiger partial charge in [-0.2, -0.15) is 13.2 Å². The minimum atomic E-state index is -4.51. The summed E-state index contributed by atoms with van der Waals surface area (Å²) in [5.41, 5.74) is -0.322. The van der Waals surface area contributed by atoms with Crippen LogP contribution >= 0.6 is 11.6 Å². The Hall–Kier alpha value is -1.72. The summed E-state index contributed by atoms with van der Waals surface area (Å²) in [5, 5.41) is 9.56. The fourth-order valence-electron chi connectivity index (χ4n) is 1.77. The lowest BCUT2D eigenvalue weighted by molar-refractivity contribution is -0.138. The highest BCUT2D eigenvalue weighted by molar-refractivity contribution is 6.32. The molecule has 1 atom stereocenters. The molecule has 6 heteroatoms. The molecule has 0 radical (unpaired) electrons. The fraction of sp³-hybridized carbons (Fsp3) is 0.200. The van der Waals surface area contributed by atoms with E-state index in [0.29, 0.717) is 5.56 Å². The third-order valence-corrected chi connectivity index (χ3v) is 3.15. The molecular weight excluding hydrogens is 305 g/mol. The Morgan fingerprint density at radius 1 is 1.10 bits per heavy atom. The van der Waals surface area contributed by atoms with Crippen LogP contribution in [0.1, 0.15) is 24.2 Å². The topological polar surface area (TPSA) is 29.5 Å². The van der Waals surface area contributed by atoms with Crippen LogP contribution < -0.4 is 4.74 Å². The highest BCUT2D eigenvalue weighted by atomic mass is 35.5. The Morgan fingerprint density at radius 2 is 1.76 bits per heavy atom. The molecular formula is C15H12ClF3O2. The average Bonchev–Trinajstić information content (AvgIpc) is 2.40. The molecule has 2 aromatic carbocycles. The van der Waals surface area contributed by atoms with Gasteiger partial charge >= 0.3 is 6.18 Å². The van der Waals surface area contributed by atoms with E-state index in [2.05, 4.69) is 0 Å². The smallest absolute Gasteiger partial charge is 0.419 e. The minimum absolute atomic E-state index is 0.0952. The van der Waals surface area contributed by atoms with Gasteiger partial charge in [0, 0.05) is 0 Å². The molecule has 0 bridgehead atoms. The summed E-state index contributed by atoms with van der Waals surface area (Å²) in [6.07, 6.45) is -5.23. The molecule has 0 saturated heterocycles. The maximum atomic E-state index is 12.9. The van der Waals surface area contributed by atoms with E-state index < -0.39 is 17.8 Å². The van der Waals surface area contributed by atoms with Crippen molar-refractivity contribution < 1.29 is 23.0 Å². The molecule has 0 unspecified atom stereocenters. The Kier molecular flexibility index (Phi) is 4.44. The van der Waals surface area contributed by atoms with E-state index >= 15 is 0 Å². The number of benzene rings is 2. The van der Waals surface area contributed by atoms with Crippen molar-refractivity contribution in [1.29, 1.82) is 0 Å². The summed E-state index contributed by atoms with van der Waals surface area (Å²) in [5.74, 6) is -0.227. The maximum absolute atomic E-state index is 12.9. The van der Waals surface area contributed by atoms with Gasteiger partial charge in [0.2, 0.25) is 0 Å². The first-order valence-corrected chi connectivity index (χ1v) is 6.48. The van der Waals surface area contributed by atoms with Crippen molar-refractivity contribution in [2.75, 3.05) is 0 Å². The molecule has 0 aliphatic carbocycles. The zero-order valence-corrected chi connectivity index (χ0v) is 11.7. The van der Waals surface area contributed by atoms with E-state index in [1.165, 1.54) is 30.3 Å². The summed E-state index contributed by atoms with van der Waals surface area (Å²) in [6, 6.07) is 9.32. The molecule has 0 fully saturated rings. The normalized spacial score (nSPS) is 13.0. The molecule has 2 rings (SSSR count). The molecule has 0 spiro atoms. The number of aliphatic hydroxyl groups excluding tert-OH is 1. The first kappa shape index (κ1) is 15.7. The van der Waals surface area contributed by atoms with E-state index in [0.717, 1.165) is 6.07 Å². The highest BCUT2D eigenvalue weighted by Gasteiger charge is 2.34. The summed E-state index contributed by atoms with van der Waals surface area (Å²) in [6.45, 7) is 1.56. The Bertz CT molecular complexity index is 639. The Morgan fingerprint density at radius 3 is 2.33 bits per heavy atom. The first-order valence-electron chi connectivity index (χ1n) is 6.10. The van der Waals surface area contributed by atoms with Crippen LogP contribution in [-0.4, -0.2) is 5.11 Å². The minimum Gasteiger partial charge on any atom is -0.455 e. The van der Waals surface area contributed by atoms with Crippen LogP contribution in [0.25, 0.3) is 0 Å². The second-order valence-corrected chi connectivity index (χ2v) is 4.87. The predicted molar refractivity (Wildman–Crippen MR) is 73.6 cm³/mol. The molecule has 0 aromatic heterocycles. The number of ether oxygens (including phenoxy) is 1. The molecule has 1 N–H and O–H groups in total. The summed E-state index contributed by atoms with van der Waals surface area (Å²) < 4.78 is 43.9. The summed E-state index contributed by atoms with van der Waals surface area (Å²) in [4.78, 5) is 0. The Balaban J connectivity index is 2.35. The van der Waals surface area contributed by atoms with Crippen LogP contribution in [-0.2, 0) is 6.18 Å². The zero-order chi connectivity index (χ0) is 15.6. The third-order valence-electron chi connectivity index (χ3n) is 2.85. The van der Waals surface area contributed by atoms with Crippen molar-refractivity contribution in [2.24, 2.45) is 0 Å².